The molecule has 1 saturated carbocycles. The Morgan fingerprint density at radius 3 is 2.52 bits per heavy atom. The van der Waals surface area contributed by atoms with E-state index in [1.54, 1.807) is 6.92 Å². The van der Waals surface area contributed by atoms with Crippen molar-refractivity contribution in [3.05, 3.63) is 29.8 Å². The average molecular weight is 481 g/mol. The SMILES string of the molecule is CCCSCCCN(CCOc1ccc(CC(OCC)C(=O)O)cc1)C(=O)NC1CCCC1. The molecule has 2 amide bonds. The Bertz CT molecular complexity index is 695. The topological polar surface area (TPSA) is 88.1 Å². The minimum atomic E-state index is -0.957. The van der Waals surface area contributed by atoms with Crippen molar-refractivity contribution in [2.45, 2.75) is 70.9 Å². The van der Waals surface area contributed by atoms with Crippen LogP contribution >= 0.6 is 11.8 Å². The van der Waals surface area contributed by atoms with Crippen LogP contribution < -0.4 is 10.1 Å². The van der Waals surface area contributed by atoms with Crippen LogP contribution in [0.1, 0.15) is 57.9 Å². The first-order valence-corrected chi connectivity index (χ1v) is 13.4. The number of nitrogens with one attached hydrogen (secondary N) is 1. The summed E-state index contributed by atoms with van der Waals surface area (Å²) in [6.45, 7) is 6.00. The maximum Gasteiger partial charge on any atom is 0.333 e. The summed E-state index contributed by atoms with van der Waals surface area (Å²) in [6.07, 6.45) is 6.14. The molecule has 2 rings (SSSR count). The molecule has 1 aromatic rings. The number of carboxylic acid groups (broad SMARTS) is 1. The molecule has 1 atom stereocenters. The number of rotatable bonds is 16. The molecular formula is C25H40N2O5S. The van der Waals surface area contributed by atoms with Crippen molar-refractivity contribution in [3.8, 4) is 5.75 Å². The molecule has 0 aliphatic heterocycles. The zero-order valence-electron chi connectivity index (χ0n) is 20.1. The lowest BCUT2D eigenvalue weighted by Crippen LogP contribution is -2.46. The number of amides is 2. The van der Waals surface area contributed by atoms with Gasteiger partial charge in [-0.15, -0.1) is 0 Å². The van der Waals surface area contributed by atoms with Gasteiger partial charge in [0.1, 0.15) is 12.4 Å². The van der Waals surface area contributed by atoms with Gasteiger partial charge in [-0.25, -0.2) is 9.59 Å². The summed E-state index contributed by atoms with van der Waals surface area (Å²) < 4.78 is 11.2. The summed E-state index contributed by atoms with van der Waals surface area (Å²) >= 11 is 1.94. The summed E-state index contributed by atoms with van der Waals surface area (Å²) in [5.74, 6) is 1.96. The Balaban J connectivity index is 1.82. The van der Waals surface area contributed by atoms with E-state index in [2.05, 4.69) is 12.2 Å². The molecule has 8 heteroatoms. The zero-order chi connectivity index (χ0) is 23.9. The second-order valence-electron chi connectivity index (χ2n) is 8.36. The van der Waals surface area contributed by atoms with Crippen molar-refractivity contribution in [1.82, 2.24) is 10.2 Å². The third-order valence-electron chi connectivity index (χ3n) is 5.65. The van der Waals surface area contributed by atoms with Gasteiger partial charge in [0.05, 0.1) is 6.54 Å². The van der Waals surface area contributed by atoms with Gasteiger partial charge in [-0.05, 0) is 61.8 Å². The third-order valence-corrected chi connectivity index (χ3v) is 6.93. The van der Waals surface area contributed by atoms with Gasteiger partial charge in [-0.3, -0.25) is 0 Å². The van der Waals surface area contributed by atoms with Crippen molar-refractivity contribution in [2.75, 3.05) is 37.8 Å². The molecule has 0 heterocycles. The maximum absolute atomic E-state index is 12.8. The van der Waals surface area contributed by atoms with E-state index in [0.29, 0.717) is 38.0 Å². The van der Waals surface area contributed by atoms with E-state index in [9.17, 15) is 14.7 Å². The van der Waals surface area contributed by atoms with Gasteiger partial charge in [0.2, 0.25) is 0 Å². The van der Waals surface area contributed by atoms with Gasteiger partial charge >= 0.3 is 12.0 Å². The number of benzene rings is 1. The van der Waals surface area contributed by atoms with Gasteiger partial charge in [-0.1, -0.05) is 31.9 Å². The second kappa shape index (κ2) is 15.8. The molecule has 0 aromatic heterocycles. The lowest BCUT2D eigenvalue weighted by molar-refractivity contribution is -0.149. The molecule has 0 radical (unpaired) electrons. The smallest absolute Gasteiger partial charge is 0.333 e. The van der Waals surface area contributed by atoms with E-state index in [1.807, 2.05) is 40.9 Å². The monoisotopic (exact) mass is 480 g/mol. The molecule has 1 aliphatic rings. The standard InChI is InChI=1S/C25H40N2O5S/c1-3-17-33-18-7-14-27(25(30)26-21-8-5-6-9-21)15-16-32-22-12-10-20(11-13-22)19-23(24(28)29)31-4-2/h10-13,21,23H,3-9,14-19H2,1-2H3,(H,26,30)(H,28,29). The number of nitrogens with zero attached hydrogens (tertiary/aromatic N) is 1. The van der Waals surface area contributed by atoms with Crippen molar-refractivity contribution in [1.29, 1.82) is 0 Å². The van der Waals surface area contributed by atoms with Gasteiger partial charge < -0.3 is 24.8 Å². The van der Waals surface area contributed by atoms with Crippen LogP contribution in [0.4, 0.5) is 4.79 Å². The highest BCUT2D eigenvalue weighted by Crippen LogP contribution is 2.18. The fourth-order valence-electron chi connectivity index (χ4n) is 3.88. The van der Waals surface area contributed by atoms with Crippen LogP contribution in [0.5, 0.6) is 5.75 Å². The van der Waals surface area contributed by atoms with Crippen LogP contribution in [0.3, 0.4) is 0 Å². The highest BCUT2D eigenvalue weighted by atomic mass is 32.2. The van der Waals surface area contributed by atoms with E-state index in [1.165, 1.54) is 19.3 Å². The fraction of sp³-hybridized carbons (Fsp3) is 0.680. The number of thioether (sulfide) groups is 1. The summed E-state index contributed by atoms with van der Waals surface area (Å²) in [6, 6.07) is 7.71. The molecule has 0 saturated heterocycles. The van der Waals surface area contributed by atoms with Crippen molar-refractivity contribution in [3.63, 3.8) is 0 Å². The van der Waals surface area contributed by atoms with E-state index in [-0.39, 0.29) is 6.03 Å². The quantitative estimate of drug-likeness (QED) is 0.337. The zero-order valence-corrected chi connectivity index (χ0v) is 20.9. The van der Waals surface area contributed by atoms with Gasteiger partial charge in [-0.2, -0.15) is 11.8 Å². The minimum Gasteiger partial charge on any atom is -0.492 e. The normalized spacial score (nSPS) is 14.7. The van der Waals surface area contributed by atoms with Gasteiger partial charge in [0.25, 0.3) is 0 Å². The molecule has 1 aromatic carbocycles. The Morgan fingerprint density at radius 2 is 1.88 bits per heavy atom. The Labute approximate surface area is 202 Å². The molecule has 2 N–H and O–H groups in total. The summed E-state index contributed by atoms with van der Waals surface area (Å²) in [4.78, 5) is 26.0. The van der Waals surface area contributed by atoms with Crippen LogP contribution in [0.25, 0.3) is 0 Å². The molecule has 1 unspecified atom stereocenters. The molecule has 1 aliphatic carbocycles. The highest BCUT2D eigenvalue weighted by Gasteiger charge is 2.21. The Hall–Kier alpha value is -1.93. The molecule has 0 spiro atoms. The summed E-state index contributed by atoms with van der Waals surface area (Å²) in [7, 11) is 0. The lowest BCUT2D eigenvalue weighted by atomic mass is 10.1. The first kappa shape index (κ1) is 27.3. The van der Waals surface area contributed by atoms with Crippen molar-refractivity contribution >= 4 is 23.8 Å². The molecule has 7 nitrogen and oxygen atoms in total. The van der Waals surface area contributed by atoms with Crippen molar-refractivity contribution < 1.29 is 24.2 Å². The number of hydrogen-bond acceptors (Lipinski definition) is 5. The van der Waals surface area contributed by atoms with Crippen LogP contribution in [0.15, 0.2) is 24.3 Å². The van der Waals surface area contributed by atoms with E-state index >= 15 is 0 Å². The number of hydrogen-bond donors (Lipinski definition) is 2. The predicted molar refractivity (Wildman–Crippen MR) is 133 cm³/mol. The number of urea groups is 1. The molecular weight excluding hydrogens is 440 g/mol. The average Bonchev–Trinajstić information content (AvgIpc) is 3.31. The van der Waals surface area contributed by atoms with Crippen LogP contribution in [0, 0.1) is 0 Å². The van der Waals surface area contributed by atoms with Crippen LogP contribution in [0.2, 0.25) is 0 Å². The maximum atomic E-state index is 12.8. The Morgan fingerprint density at radius 1 is 1.15 bits per heavy atom. The number of carboxylic acids is 1. The number of carbonyl (C=O) groups is 2. The number of carbonyl (C=O) groups excluding carboxylic acids is 1. The first-order chi connectivity index (χ1) is 16.0. The largest absolute Gasteiger partial charge is 0.492 e. The van der Waals surface area contributed by atoms with Crippen LogP contribution in [-0.2, 0) is 16.0 Å². The minimum absolute atomic E-state index is 0.0111. The molecule has 1 fully saturated rings. The van der Waals surface area contributed by atoms with Gasteiger partial charge in [0.15, 0.2) is 6.10 Å². The summed E-state index contributed by atoms with van der Waals surface area (Å²) in [5, 5.41) is 12.4. The number of ether oxygens (including phenoxy) is 2. The first-order valence-electron chi connectivity index (χ1n) is 12.2. The second-order valence-corrected chi connectivity index (χ2v) is 9.59. The van der Waals surface area contributed by atoms with Crippen molar-refractivity contribution in [2.24, 2.45) is 0 Å². The molecule has 0 bridgehead atoms. The van der Waals surface area contributed by atoms with E-state index in [0.717, 1.165) is 42.9 Å². The number of aliphatic carboxylic acids is 1. The molecule has 33 heavy (non-hydrogen) atoms. The molecule has 186 valence electrons. The van der Waals surface area contributed by atoms with Crippen LogP contribution in [-0.4, -0.2) is 72.0 Å². The predicted octanol–water partition coefficient (Wildman–Crippen LogP) is 4.59. The fourth-order valence-corrected chi connectivity index (χ4v) is 4.71. The summed E-state index contributed by atoms with van der Waals surface area (Å²) in [5.41, 5.74) is 0.880. The Kier molecular flexibility index (Phi) is 13.1. The van der Waals surface area contributed by atoms with Gasteiger partial charge in [0, 0.05) is 25.6 Å². The van der Waals surface area contributed by atoms with E-state index < -0.39 is 12.1 Å². The highest BCUT2D eigenvalue weighted by molar-refractivity contribution is 7.99. The lowest BCUT2D eigenvalue weighted by Gasteiger charge is -2.25. The van der Waals surface area contributed by atoms with E-state index in [4.69, 9.17) is 9.47 Å². The third kappa shape index (κ3) is 10.7.